The highest BCUT2D eigenvalue weighted by Crippen LogP contribution is 2.20. The lowest BCUT2D eigenvalue weighted by molar-refractivity contribution is -0.116. The average Bonchev–Trinajstić information content (AvgIpc) is 2.32. The van der Waals surface area contributed by atoms with Gasteiger partial charge in [-0.05, 0) is 18.1 Å². The van der Waals surface area contributed by atoms with Crippen LogP contribution in [0.1, 0.15) is 46.1 Å². The van der Waals surface area contributed by atoms with Crippen LogP contribution in [-0.2, 0) is 11.2 Å². The Balaban J connectivity index is 0.000000394. The third-order valence-electron chi connectivity index (χ3n) is 1.91. The fourth-order valence-electron chi connectivity index (χ4n) is 1.32. The summed E-state index contributed by atoms with van der Waals surface area (Å²) in [4.78, 5) is 10.9. The van der Waals surface area contributed by atoms with E-state index in [2.05, 4.69) is 25.2 Å². The maximum atomic E-state index is 10.9. The first kappa shape index (κ1) is 14.7. The zero-order valence-corrected chi connectivity index (χ0v) is 10.8. The number of rotatable bonds is 0. The van der Waals surface area contributed by atoms with Crippen LogP contribution in [-0.4, -0.2) is 5.91 Å². The maximum absolute atomic E-state index is 10.9. The van der Waals surface area contributed by atoms with Crippen LogP contribution in [0, 0.1) is 0 Å². The highest BCUT2D eigenvalue weighted by Gasteiger charge is 2.12. The quantitative estimate of drug-likeness (QED) is 0.704. The van der Waals surface area contributed by atoms with Crippen LogP contribution in [0.15, 0.2) is 24.3 Å². The van der Waals surface area contributed by atoms with Crippen LogP contribution in [0.5, 0.6) is 0 Å². The standard InChI is InChI=1S/C9H9NO.C3H8.C2H6/c11-9-6-5-7-3-1-2-4-8(7)10-9;1-3-2;1-2/h1-4H,5-6H2,(H,10,11);3H2,1-2H3;1-2H3. The normalized spacial score (nSPS) is 12.1. The summed E-state index contributed by atoms with van der Waals surface area (Å²) < 4.78 is 0. The first-order valence-electron chi connectivity index (χ1n) is 6.15. The molecule has 90 valence electrons. The average molecular weight is 221 g/mol. The summed E-state index contributed by atoms with van der Waals surface area (Å²) in [5.41, 5.74) is 2.22. The SMILES string of the molecule is CC.CCC.O=C1CCc2ccccc2N1. The molecule has 0 bridgehead atoms. The molecule has 0 spiro atoms. The third-order valence-corrected chi connectivity index (χ3v) is 1.91. The number of para-hydroxylation sites is 1. The molecule has 1 aromatic carbocycles. The monoisotopic (exact) mass is 221 g/mol. The molecular formula is C14H23NO. The Labute approximate surface area is 99.1 Å². The molecule has 0 saturated carbocycles. The third kappa shape index (κ3) is 4.96. The van der Waals surface area contributed by atoms with Gasteiger partial charge in [-0.2, -0.15) is 0 Å². The van der Waals surface area contributed by atoms with Crippen LogP contribution < -0.4 is 5.32 Å². The van der Waals surface area contributed by atoms with Gasteiger partial charge in [0.1, 0.15) is 0 Å². The van der Waals surface area contributed by atoms with Gasteiger partial charge in [0.15, 0.2) is 0 Å². The van der Waals surface area contributed by atoms with Crippen molar-refractivity contribution >= 4 is 11.6 Å². The Morgan fingerprint density at radius 2 is 1.69 bits per heavy atom. The predicted octanol–water partition coefficient (Wildman–Crippen LogP) is 4.01. The Hall–Kier alpha value is -1.31. The molecule has 1 aliphatic heterocycles. The highest BCUT2D eigenvalue weighted by atomic mass is 16.1. The van der Waals surface area contributed by atoms with Crippen molar-refractivity contribution in [2.45, 2.75) is 47.0 Å². The van der Waals surface area contributed by atoms with Crippen LogP contribution in [0.25, 0.3) is 0 Å². The molecule has 1 N–H and O–H groups in total. The summed E-state index contributed by atoms with van der Waals surface area (Å²) in [5, 5.41) is 2.82. The molecule has 1 heterocycles. The summed E-state index contributed by atoms with van der Waals surface area (Å²) in [7, 11) is 0. The Morgan fingerprint density at radius 3 is 2.31 bits per heavy atom. The van der Waals surface area contributed by atoms with Crippen LogP contribution >= 0.6 is 0 Å². The van der Waals surface area contributed by atoms with E-state index in [0.29, 0.717) is 6.42 Å². The molecule has 0 fully saturated rings. The summed E-state index contributed by atoms with van der Waals surface area (Å²) in [6, 6.07) is 7.92. The molecule has 0 radical (unpaired) electrons. The largest absolute Gasteiger partial charge is 0.326 e. The molecular weight excluding hydrogens is 198 g/mol. The first-order chi connectivity index (χ1) is 7.77. The molecule has 2 rings (SSSR count). The van der Waals surface area contributed by atoms with E-state index in [9.17, 15) is 4.79 Å². The summed E-state index contributed by atoms with van der Waals surface area (Å²) in [5.74, 6) is 0.128. The summed E-state index contributed by atoms with van der Waals surface area (Å²) >= 11 is 0. The predicted molar refractivity (Wildman–Crippen MR) is 70.7 cm³/mol. The second-order valence-electron chi connectivity index (χ2n) is 3.41. The minimum atomic E-state index is 0.128. The zero-order valence-electron chi connectivity index (χ0n) is 10.8. The molecule has 2 heteroatoms. The Morgan fingerprint density at radius 1 is 1.12 bits per heavy atom. The lowest BCUT2D eigenvalue weighted by atomic mass is 10.0. The van der Waals surface area contributed by atoms with Gasteiger partial charge in [0, 0.05) is 12.1 Å². The smallest absolute Gasteiger partial charge is 0.224 e. The number of hydrogen-bond donors (Lipinski definition) is 1. The molecule has 1 aliphatic rings. The molecule has 0 unspecified atom stereocenters. The number of fused-ring (bicyclic) bond motifs is 1. The van der Waals surface area contributed by atoms with Crippen LogP contribution in [0.2, 0.25) is 0 Å². The zero-order chi connectivity index (χ0) is 12.4. The van der Waals surface area contributed by atoms with Gasteiger partial charge in [-0.15, -0.1) is 0 Å². The number of nitrogens with one attached hydrogen (secondary N) is 1. The lowest BCUT2D eigenvalue weighted by Crippen LogP contribution is -2.18. The number of benzene rings is 1. The van der Waals surface area contributed by atoms with E-state index in [0.717, 1.165) is 12.1 Å². The van der Waals surface area contributed by atoms with Gasteiger partial charge in [-0.1, -0.05) is 52.3 Å². The first-order valence-corrected chi connectivity index (χ1v) is 6.15. The van der Waals surface area contributed by atoms with Crippen molar-refractivity contribution < 1.29 is 4.79 Å². The fraction of sp³-hybridized carbons (Fsp3) is 0.500. The van der Waals surface area contributed by atoms with Crippen molar-refractivity contribution in [2.75, 3.05) is 5.32 Å². The minimum absolute atomic E-state index is 0.128. The van der Waals surface area contributed by atoms with Crippen LogP contribution in [0.3, 0.4) is 0 Å². The van der Waals surface area contributed by atoms with Crippen molar-refractivity contribution in [2.24, 2.45) is 0 Å². The van der Waals surface area contributed by atoms with Crippen molar-refractivity contribution in [3.05, 3.63) is 29.8 Å². The highest BCUT2D eigenvalue weighted by molar-refractivity contribution is 5.93. The van der Waals surface area contributed by atoms with Gasteiger partial charge in [0.2, 0.25) is 5.91 Å². The van der Waals surface area contributed by atoms with Gasteiger partial charge in [0.25, 0.3) is 0 Å². The van der Waals surface area contributed by atoms with Gasteiger partial charge < -0.3 is 5.32 Å². The van der Waals surface area contributed by atoms with Crippen molar-refractivity contribution in [1.82, 2.24) is 0 Å². The van der Waals surface area contributed by atoms with E-state index in [1.165, 1.54) is 12.0 Å². The van der Waals surface area contributed by atoms with E-state index in [4.69, 9.17) is 0 Å². The number of aryl methyl sites for hydroxylation is 1. The molecule has 0 aliphatic carbocycles. The second-order valence-corrected chi connectivity index (χ2v) is 3.41. The topological polar surface area (TPSA) is 29.1 Å². The van der Waals surface area contributed by atoms with E-state index >= 15 is 0 Å². The van der Waals surface area contributed by atoms with Gasteiger partial charge in [-0.25, -0.2) is 0 Å². The van der Waals surface area contributed by atoms with Crippen molar-refractivity contribution in [3.8, 4) is 0 Å². The summed E-state index contributed by atoms with van der Waals surface area (Å²) in [6.45, 7) is 8.25. The maximum Gasteiger partial charge on any atom is 0.224 e. The van der Waals surface area contributed by atoms with E-state index in [1.807, 2.05) is 32.0 Å². The fourth-order valence-corrected chi connectivity index (χ4v) is 1.32. The minimum Gasteiger partial charge on any atom is -0.326 e. The molecule has 2 nitrogen and oxygen atoms in total. The van der Waals surface area contributed by atoms with Gasteiger partial charge in [-0.3, -0.25) is 4.79 Å². The Bertz CT molecular complexity index is 307. The molecule has 1 amide bonds. The molecule has 0 saturated heterocycles. The number of amides is 1. The van der Waals surface area contributed by atoms with E-state index in [1.54, 1.807) is 0 Å². The van der Waals surface area contributed by atoms with E-state index < -0.39 is 0 Å². The lowest BCUT2D eigenvalue weighted by Gasteiger charge is -2.15. The second kappa shape index (κ2) is 8.96. The van der Waals surface area contributed by atoms with Gasteiger partial charge >= 0.3 is 0 Å². The van der Waals surface area contributed by atoms with Gasteiger partial charge in [0.05, 0.1) is 0 Å². The molecule has 1 aromatic rings. The number of anilines is 1. The number of hydrogen-bond acceptors (Lipinski definition) is 1. The van der Waals surface area contributed by atoms with E-state index in [-0.39, 0.29) is 5.91 Å². The van der Waals surface area contributed by atoms with Crippen molar-refractivity contribution in [3.63, 3.8) is 0 Å². The molecule has 16 heavy (non-hydrogen) atoms. The molecule has 0 aromatic heterocycles. The van der Waals surface area contributed by atoms with Crippen molar-refractivity contribution in [1.29, 1.82) is 0 Å². The van der Waals surface area contributed by atoms with Crippen LogP contribution in [0.4, 0.5) is 5.69 Å². The summed E-state index contributed by atoms with van der Waals surface area (Å²) in [6.07, 6.45) is 2.75. The number of carbonyl (C=O) groups is 1. The Kier molecular flexibility index (Phi) is 8.22. The molecule has 0 atom stereocenters. The number of carbonyl (C=O) groups excluding carboxylic acids is 1.